The Balaban J connectivity index is 0. The summed E-state index contributed by atoms with van der Waals surface area (Å²) in [5.41, 5.74) is 0. The lowest BCUT2D eigenvalue weighted by Crippen LogP contribution is -1.58. The van der Waals surface area contributed by atoms with Crippen molar-refractivity contribution in [2.75, 3.05) is 0 Å². The van der Waals surface area contributed by atoms with Gasteiger partial charge in [0.25, 0.3) is 0 Å². The smallest absolute Gasteiger partial charge is 0.0267 e. The van der Waals surface area contributed by atoms with Gasteiger partial charge >= 0.3 is 0 Å². The zero-order valence-electron chi connectivity index (χ0n) is 6.54. The van der Waals surface area contributed by atoms with Crippen LogP contribution in [0.5, 0.6) is 0 Å². The van der Waals surface area contributed by atoms with Crippen LogP contribution in [0.25, 0.3) is 0 Å². The van der Waals surface area contributed by atoms with Crippen molar-refractivity contribution in [2.45, 2.75) is 13.8 Å². The molecule has 0 aliphatic rings. The molecule has 1 N–H and O–H groups in total. The molecule has 1 aromatic heterocycles. The maximum absolute atomic E-state index is 5.50. The lowest BCUT2D eigenvalue weighted by molar-refractivity contribution is 1.33. The lowest BCUT2D eigenvalue weighted by Gasteiger charge is -1.70. The second kappa shape index (κ2) is 15.7. The van der Waals surface area contributed by atoms with Crippen LogP contribution >= 0.6 is 0 Å². The van der Waals surface area contributed by atoms with Crippen molar-refractivity contribution in [3.05, 3.63) is 30.6 Å². The molecule has 1 aromatic rings. The molecule has 10 heavy (non-hydrogen) atoms. The third-order valence-corrected chi connectivity index (χ3v) is 0.566. The van der Waals surface area contributed by atoms with E-state index in [4.69, 9.17) is 5.41 Å². The molecule has 0 saturated heterocycles. The topological polar surface area (TPSA) is 36.7 Å². The van der Waals surface area contributed by atoms with Gasteiger partial charge in [0.05, 0.1) is 0 Å². The number of nitrogens with one attached hydrogen (secondary N) is 1. The molecule has 0 aliphatic heterocycles. The van der Waals surface area contributed by atoms with Gasteiger partial charge in [-0.1, -0.05) is 19.9 Å². The minimum Gasteiger partial charge on any atom is -0.317 e. The molecule has 2 nitrogen and oxygen atoms in total. The van der Waals surface area contributed by atoms with Gasteiger partial charge in [-0.15, -0.1) is 0 Å². The highest BCUT2D eigenvalue weighted by atomic mass is 14.6. The first-order chi connectivity index (χ1) is 5.00. The Kier molecular flexibility index (Phi) is 18.2. The lowest BCUT2D eigenvalue weighted by atomic mass is 10.5. The van der Waals surface area contributed by atoms with Crippen LogP contribution in [0, 0.1) is 5.41 Å². The van der Waals surface area contributed by atoms with Gasteiger partial charge in [-0.2, -0.15) is 0 Å². The van der Waals surface area contributed by atoms with Gasteiger partial charge in [-0.05, 0) is 18.9 Å². The van der Waals surface area contributed by atoms with Gasteiger partial charge in [-0.3, -0.25) is 4.98 Å². The number of nitrogens with zero attached hydrogens (tertiary/aromatic N) is 1. The van der Waals surface area contributed by atoms with E-state index in [2.05, 4.69) is 11.7 Å². The minimum absolute atomic E-state index is 1.75. The van der Waals surface area contributed by atoms with E-state index in [1.807, 2.05) is 32.0 Å². The number of aromatic nitrogens is 1. The van der Waals surface area contributed by atoms with Gasteiger partial charge in [0.15, 0.2) is 0 Å². The molecule has 1 heterocycles. The standard InChI is InChI=1S/C5H5N.C2H6.CH3N/c1-2-4-6-5-3-1;2*1-2/h1-5H;1-2H3;2H,1H2. The van der Waals surface area contributed by atoms with E-state index in [1.54, 1.807) is 12.4 Å². The largest absolute Gasteiger partial charge is 0.317 e. The Morgan fingerprint density at radius 2 is 1.40 bits per heavy atom. The van der Waals surface area contributed by atoms with Crippen LogP contribution < -0.4 is 0 Å². The summed E-state index contributed by atoms with van der Waals surface area (Å²) in [5.74, 6) is 0. The van der Waals surface area contributed by atoms with Crippen LogP contribution in [-0.4, -0.2) is 11.7 Å². The first kappa shape index (κ1) is 11.6. The number of hydrogen-bond acceptors (Lipinski definition) is 2. The highest BCUT2D eigenvalue weighted by molar-refractivity contribution is 5.15. The molecular formula is C8H14N2. The third-order valence-electron chi connectivity index (χ3n) is 0.566. The van der Waals surface area contributed by atoms with Crippen LogP contribution in [-0.2, 0) is 0 Å². The Hall–Kier alpha value is -1.18. The number of hydrogen-bond donors (Lipinski definition) is 1. The number of pyridine rings is 1. The minimum atomic E-state index is 1.75. The summed E-state index contributed by atoms with van der Waals surface area (Å²) in [6.07, 6.45) is 3.50. The fraction of sp³-hybridized carbons (Fsp3) is 0.250. The molecular weight excluding hydrogens is 124 g/mol. The SMILES string of the molecule is C=N.CC.c1ccncc1. The predicted octanol–water partition coefficient (Wildman–Crippen LogP) is 2.37. The number of rotatable bonds is 0. The van der Waals surface area contributed by atoms with Crippen LogP contribution in [0.1, 0.15) is 13.8 Å². The molecule has 0 unspecified atom stereocenters. The summed E-state index contributed by atoms with van der Waals surface area (Å²) in [5, 5.41) is 5.50. The zero-order chi connectivity index (χ0) is 8.24. The van der Waals surface area contributed by atoms with Gasteiger partial charge in [0.2, 0.25) is 0 Å². The monoisotopic (exact) mass is 138 g/mol. The summed E-state index contributed by atoms with van der Waals surface area (Å²) >= 11 is 0. The van der Waals surface area contributed by atoms with Crippen LogP contribution in [0.15, 0.2) is 30.6 Å². The molecule has 56 valence electrons. The van der Waals surface area contributed by atoms with E-state index in [1.165, 1.54) is 0 Å². The molecule has 0 radical (unpaired) electrons. The van der Waals surface area contributed by atoms with E-state index in [0.717, 1.165) is 0 Å². The molecule has 0 atom stereocenters. The van der Waals surface area contributed by atoms with Gasteiger partial charge in [0.1, 0.15) is 0 Å². The van der Waals surface area contributed by atoms with Gasteiger partial charge in [0, 0.05) is 12.4 Å². The van der Waals surface area contributed by atoms with E-state index in [-0.39, 0.29) is 0 Å². The molecule has 0 aliphatic carbocycles. The fourth-order valence-electron chi connectivity index (χ4n) is 0.313. The Morgan fingerprint density at radius 1 is 1.00 bits per heavy atom. The molecule has 2 heteroatoms. The summed E-state index contributed by atoms with van der Waals surface area (Å²) < 4.78 is 0. The van der Waals surface area contributed by atoms with Crippen molar-refractivity contribution in [1.82, 2.24) is 4.98 Å². The average molecular weight is 138 g/mol. The van der Waals surface area contributed by atoms with E-state index in [9.17, 15) is 0 Å². The van der Waals surface area contributed by atoms with Crippen molar-refractivity contribution in [3.63, 3.8) is 0 Å². The zero-order valence-corrected chi connectivity index (χ0v) is 6.54. The molecule has 0 amide bonds. The highest BCUT2D eigenvalue weighted by Crippen LogP contribution is 1.73. The Bertz CT molecular complexity index is 90.1. The fourth-order valence-corrected chi connectivity index (χ4v) is 0.313. The quantitative estimate of drug-likeness (QED) is 0.549. The molecule has 1 rings (SSSR count). The summed E-state index contributed by atoms with van der Waals surface area (Å²) in [4.78, 5) is 3.78. The van der Waals surface area contributed by atoms with Crippen LogP contribution in [0.3, 0.4) is 0 Å². The second-order valence-corrected chi connectivity index (χ2v) is 1.02. The predicted molar refractivity (Wildman–Crippen MR) is 45.4 cm³/mol. The maximum Gasteiger partial charge on any atom is 0.0267 e. The van der Waals surface area contributed by atoms with Crippen molar-refractivity contribution >= 4 is 6.72 Å². The Morgan fingerprint density at radius 3 is 1.50 bits per heavy atom. The van der Waals surface area contributed by atoms with Crippen molar-refractivity contribution in [2.24, 2.45) is 0 Å². The normalized spacial score (nSPS) is 5.80. The van der Waals surface area contributed by atoms with Crippen molar-refractivity contribution in [3.8, 4) is 0 Å². The second-order valence-electron chi connectivity index (χ2n) is 1.02. The van der Waals surface area contributed by atoms with Crippen LogP contribution in [0.4, 0.5) is 0 Å². The van der Waals surface area contributed by atoms with Crippen molar-refractivity contribution < 1.29 is 0 Å². The molecule has 0 bridgehead atoms. The first-order valence-electron chi connectivity index (χ1n) is 3.20. The van der Waals surface area contributed by atoms with Crippen LogP contribution in [0.2, 0.25) is 0 Å². The molecule has 0 saturated carbocycles. The van der Waals surface area contributed by atoms with E-state index >= 15 is 0 Å². The van der Waals surface area contributed by atoms with Crippen molar-refractivity contribution in [1.29, 1.82) is 5.41 Å². The molecule has 0 fully saturated rings. The highest BCUT2D eigenvalue weighted by Gasteiger charge is 1.58. The summed E-state index contributed by atoms with van der Waals surface area (Å²) in [7, 11) is 0. The summed E-state index contributed by atoms with van der Waals surface area (Å²) in [6.45, 7) is 6.50. The van der Waals surface area contributed by atoms with Gasteiger partial charge < -0.3 is 5.41 Å². The molecule has 0 spiro atoms. The average Bonchev–Trinajstić information content (AvgIpc) is 2.14. The third kappa shape index (κ3) is 9.94. The maximum atomic E-state index is 5.50. The Labute approximate surface area is 62.4 Å². The van der Waals surface area contributed by atoms with E-state index < -0.39 is 0 Å². The first-order valence-corrected chi connectivity index (χ1v) is 3.20. The van der Waals surface area contributed by atoms with E-state index in [0.29, 0.717) is 0 Å². The molecule has 0 aromatic carbocycles. The summed E-state index contributed by atoms with van der Waals surface area (Å²) in [6, 6.07) is 5.72. The van der Waals surface area contributed by atoms with Gasteiger partial charge in [-0.25, -0.2) is 0 Å².